The van der Waals surface area contributed by atoms with Crippen molar-refractivity contribution in [3.05, 3.63) is 65.7 Å². The number of nitrogens with one attached hydrogen (secondary N) is 2. The molecule has 0 heterocycles. The Kier molecular flexibility index (Phi) is 9.91. The Morgan fingerprint density at radius 3 is 1.91 bits per heavy atom. The van der Waals surface area contributed by atoms with Crippen LogP contribution in [0.4, 0.5) is 0 Å². The molecule has 0 aliphatic heterocycles. The summed E-state index contributed by atoms with van der Waals surface area (Å²) in [6.45, 7) is 1.35. The molecule has 0 fully saturated rings. The number of rotatable bonds is 11. The van der Waals surface area contributed by atoms with E-state index < -0.39 is 31.1 Å². The molecule has 0 spiro atoms. The maximum Gasteiger partial charge on any atom is 0.493 e. The summed E-state index contributed by atoms with van der Waals surface area (Å²) in [6.07, 6.45) is 0.520. The van der Waals surface area contributed by atoms with Gasteiger partial charge in [-0.25, -0.2) is 4.79 Å². The molecule has 0 aliphatic rings. The normalized spacial score (nSPS) is 12.4. The van der Waals surface area contributed by atoms with E-state index in [4.69, 9.17) is 14.0 Å². The quantitative estimate of drug-likeness (QED) is 0.393. The molecule has 2 aromatic rings. The van der Waals surface area contributed by atoms with Gasteiger partial charge in [0.15, 0.2) is 0 Å². The number of carbonyl (C=O) groups excluding carboxylic acids is 3. The molecule has 9 heteroatoms. The monoisotopic (exact) mass is 440 g/mol. The standard InChI is InChI=1S/C23H29BN2O6/c1-16(27)25-20(14-17-8-6-5-7-9-17)22(28)26-21(23(29)30-2)15-18-10-12-19(13-11-18)24(31-3)32-4/h5-13,20-21H,14-15H2,1-4H3,(H,25,27)(H,26,28)/t20-,21+/m0/s1. The van der Waals surface area contributed by atoms with Crippen LogP contribution < -0.4 is 16.1 Å². The van der Waals surface area contributed by atoms with Crippen LogP contribution in [0.15, 0.2) is 54.6 Å². The maximum atomic E-state index is 13.0. The molecule has 0 saturated heterocycles. The number of esters is 1. The Labute approximate surface area is 188 Å². The molecule has 170 valence electrons. The fraction of sp³-hybridized carbons (Fsp3) is 0.348. The number of ether oxygens (including phenoxy) is 1. The van der Waals surface area contributed by atoms with Gasteiger partial charge in [0.05, 0.1) is 7.11 Å². The Morgan fingerprint density at radius 1 is 0.812 bits per heavy atom. The van der Waals surface area contributed by atoms with Crippen molar-refractivity contribution in [1.82, 2.24) is 10.6 Å². The summed E-state index contributed by atoms with van der Waals surface area (Å²) in [5, 5.41) is 5.38. The van der Waals surface area contributed by atoms with Gasteiger partial charge in [-0.05, 0) is 16.6 Å². The molecule has 0 radical (unpaired) electrons. The van der Waals surface area contributed by atoms with Crippen LogP contribution in [-0.2, 0) is 41.3 Å². The third-order valence-corrected chi connectivity index (χ3v) is 4.90. The first-order valence-electron chi connectivity index (χ1n) is 10.2. The van der Waals surface area contributed by atoms with Crippen molar-refractivity contribution < 1.29 is 28.4 Å². The average Bonchev–Trinajstić information content (AvgIpc) is 2.79. The highest BCUT2D eigenvalue weighted by Crippen LogP contribution is 2.08. The second-order valence-electron chi connectivity index (χ2n) is 7.28. The molecule has 2 rings (SSSR count). The fourth-order valence-corrected chi connectivity index (χ4v) is 3.33. The van der Waals surface area contributed by atoms with Gasteiger partial charge >= 0.3 is 13.1 Å². The van der Waals surface area contributed by atoms with E-state index in [1.54, 1.807) is 14.2 Å². The summed E-state index contributed by atoms with van der Waals surface area (Å²) in [6, 6.07) is 14.9. The lowest BCUT2D eigenvalue weighted by atomic mass is 9.78. The molecule has 0 aliphatic carbocycles. The highest BCUT2D eigenvalue weighted by Gasteiger charge is 2.27. The van der Waals surface area contributed by atoms with Crippen LogP contribution in [0, 0.1) is 0 Å². The predicted molar refractivity (Wildman–Crippen MR) is 121 cm³/mol. The fourth-order valence-electron chi connectivity index (χ4n) is 3.33. The number of hydrogen-bond acceptors (Lipinski definition) is 6. The van der Waals surface area contributed by atoms with Crippen LogP contribution in [0.3, 0.4) is 0 Å². The predicted octanol–water partition coefficient (Wildman–Crippen LogP) is 0.622. The molecule has 0 aromatic heterocycles. The summed E-state index contributed by atoms with van der Waals surface area (Å²) in [5.41, 5.74) is 2.53. The van der Waals surface area contributed by atoms with E-state index in [1.807, 2.05) is 54.6 Å². The van der Waals surface area contributed by atoms with E-state index in [-0.39, 0.29) is 12.3 Å². The van der Waals surface area contributed by atoms with Crippen LogP contribution in [0.1, 0.15) is 18.1 Å². The minimum Gasteiger partial charge on any atom is -0.467 e. The number of carbonyl (C=O) groups is 3. The third-order valence-electron chi connectivity index (χ3n) is 4.90. The molecule has 2 N–H and O–H groups in total. The molecule has 8 nitrogen and oxygen atoms in total. The van der Waals surface area contributed by atoms with Gasteiger partial charge < -0.3 is 24.7 Å². The lowest BCUT2D eigenvalue weighted by molar-refractivity contribution is -0.145. The maximum absolute atomic E-state index is 13.0. The van der Waals surface area contributed by atoms with E-state index >= 15 is 0 Å². The minimum atomic E-state index is -0.911. The lowest BCUT2D eigenvalue weighted by Gasteiger charge is -2.22. The Balaban J connectivity index is 2.14. The summed E-state index contributed by atoms with van der Waals surface area (Å²) < 4.78 is 15.3. The smallest absolute Gasteiger partial charge is 0.467 e. The number of benzene rings is 2. The first kappa shape index (κ1) is 25.1. The molecular weight excluding hydrogens is 411 g/mol. The average molecular weight is 440 g/mol. The van der Waals surface area contributed by atoms with E-state index in [1.165, 1.54) is 14.0 Å². The molecule has 0 unspecified atom stereocenters. The molecule has 2 amide bonds. The summed E-state index contributed by atoms with van der Waals surface area (Å²) in [5.74, 6) is -1.37. The van der Waals surface area contributed by atoms with E-state index in [0.29, 0.717) is 6.42 Å². The van der Waals surface area contributed by atoms with Crippen molar-refractivity contribution in [3.63, 3.8) is 0 Å². The van der Waals surface area contributed by atoms with Crippen LogP contribution in [0.5, 0.6) is 0 Å². The van der Waals surface area contributed by atoms with Gasteiger partial charge in [-0.2, -0.15) is 0 Å². The van der Waals surface area contributed by atoms with Crippen LogP contribution in [-0.4, -0.2) is 58.3 Å². The van der Waals surface area contributed by atoms with Gasteiger partial charge in [0.25, 0.3) is 0 Å². The minimum absolute atomic E-state index is 0.224. The van der Waals surface area contributed by atoms with Crippen molar-refractivity contribution in [2.24, 2.45) is 0 Å². The van der Waals surface area contributed by atoms with Gasteiger partial charge in [0, 0.05) is 34.0 Å². The van der Waals surface area contributed by atoms with Gasteiger partial charge in [-0.3, -0.25) is 9.59 Å². The Morgan fingerprint density at radius 2 is 1.38 bits per heavy atom. The highest BCUT2D eigenvalue weighted by atomic mass is 16.6. The molecule has 32 heavy (non-hydrogen) atoms. The first-order valence-corrected chi connectivity index (χ1v) is 10.2. The Hall–Kier alpha value is -3.17. The van der Waals surface area contributed by atoms with Gasteiger partial charge in [-0.1, -0.05) is 54.6 Å². The summed E-state index contributed by atoms with van der Waals surface area (Å²) >= 11 is 0. The topological polar surface area (TPSA) is 103 Å². The molecule has 2 aromatic carbocycles. The second kappa shape index (κ2) is 12.6. The largest absolute Gasteiger partial charge is 0.493 e. The van der Waals surface area contributed by atoms with Crippen LogP contribution >= 0.6 is 0 Å². The van der Waals surface area contributed by atoms with Gasteiger partial charge in [0.1, 0.15) is 12.1 Å². The van der Waals surface area contributed by atoms with Gasteiger partial charge in [-0.15, -0.1) is 0 Å². The summed E-state index contributed by atoms with van der Waals surface area (Å²) in [7, 11) is 3.87. The van der Waals surface area contributed by atoms with E-state index in [9.17, 15) is 14.4 Å². The second-order valence-corrected chi connectivity index (χ2v) is 7.28. The van der Waals surface area contributed by atoms with Crippen LogP contribution in [0.25, 0.3) is 0 Å². The molecule has 0 saturated carbocycles. The van der Waals surface area contributed by atoms with E-state index in [0.717, 1.165) is 16.6 Å². The number of amides is 2. The Bertz CT molecular complexity index is 887. The lowest BCUT2D eigenvalue weighted by Crippen LogP contribution is -2.53. The third kappa shape index (κ3) is 7.51. The van der Waals surface area contributed by atoms with Crippen LogP contribution in [0.2, 0.25) is 0 Å². The van der Waals surface area contributed by atoms with Crippen molar-refractivity contribution in [1.29, 1.82) is 0 Å². The SMILES string of the molecule is COB(OC)c1ccc(C[C@@H](NC(=O)[C@H](Cc2ccccc2)NC(C)=O)C(=O)OC)cc1. The van der Waals surface area contributed by atoms with E-state index in [2.05, 4.69) is 10.6 Å². The highest BCUT2D eigenvalue weighted by molar-refractivity contribution is 6.61. The number of methoxy groups -OCH3 is 1. The number of hydrogen-bond donors (Lipinski definition) is 2. The van der Waals surface area contributed by atoms with Gasteiger partial charge in [0.2, 0.25) is 11.8 Å². The summed E-state index contributed by atoms with van der Waals surface area (Å²) in [4.78, 5) is 37.0. The zero-order valence-corrected chi connectivity index (χ0v) is 18.8. The van der Waals surface area contributed by atoms with Crippen molar-refractivity contribution >= 4 is 30.4 Å². The molecule has 2 atom stereocenters. The molecular formula is C23H29BN2O6. The van der Waals surface area contributed by atoms with Crippen molar-refractivity contribution in [2.45, 2.75) is 31.8 Å². The zero-order valence-electron chi connectivity index (χ0n) is 18.8. The first-order chi connectivity index (χ1) is 15.4. The molecule has 0 bridgehead atoms. The van der Waals surface area contributed by atoms with Crippen molar-refractivity contribution in [3.8, 4) is 0 Å². The van der Waals surface area contributed by atoms with Crippen molar-refractivity contribution in [2.75, 3.05) is 21.3 Å². The zero-order chi connectivity index (χ0) is 23.5.